The van der Waals surface area contributed by atoms with E-state index in [1.165, 1.54) is 11.9 Å². The SMILES string of the molecule is CCN=C/C(=C(\N)c1ccc(C)cc1)c1ncnc2oc(-c3ccccc3)cc12. The Hall–Kier alpha value is -3.73. The molecule has 4 rings (SSSR count). The highest BCUT2D eigenvalue weighted by molar-refractivity contribution is 6.21. The summed E-state index contributed by atoms with van der Waals surface area (Å²) in [4.78, 5) is 13.3. The molecule has 0 amide bonds. The van der Waals surface area contributed by atoms with Gasteiger partial charge < -0.3 is 10.2 Å². The minimum absolute atomic E-state index is 0.521. The van der Waals surface area contributed by atoms with Crippen molar-refractivity contribution in [3.8, 4) is 11.3 Å². The molecule has 0 aliphatic carbocycles. The Labute approximate surface area is 169 Å². The Balaban J connectivity index is 1.91. The lowest BCUT2D eigenvalue weighted by Crippen LogP contribution is -2.05. The molecule has 2 heterocycles. The first kappa shape index (κ1) is 18.6. The van der Waals surface area contributed by atoms with Crippen LogP contribution in [0.15, 0.2) is 76.4 Å². The van der Waals surface area contributed by atoms with Crippen LogP contribution in [-0.2, 0) is 0 Å². The van der Waals surface area contributed by atoms with E-state index in [0.29, 0.717) is 23.6 Å². The van der Waals surface area contributed by atoms with E-state index in [1.807, 2.05) is 74.5 Å². The number of allylic oxidation sites excluding steroid dienone is 1. The zero-order chi connectivity index (χ0) is 20.2. The van der Waals surface area contributed by atoms with Gasteiger partial charge in [-0.25, -0.2) is 9.97 Å². The first-order valence-electron chi connectivity index (χ1n) is 9.54. The molecule has 0 atom stereocenters. The molecule has 5 heteroatoms. The second-order valence-electron chi connectivity index (χ2n) is 6.74. The van der Waals surface area contributed by atoms with Crippen LogP contribution in [0.3, 0.4) is 0 Å². The third kappa shape index (κ3) is 3.80. The number of aryl methyl sites for hydroxylation is 1. The van der Waals surface area contributed by atoms with Gasteiger partial charge in [0, 0.05) is 29.6 Å². The largest absolute Gasteiger partial charge is 0.438 e. The van der Waals surface area contributed by atoms with Crippen LogP contribution in [-0.4, -0.2) is 22.7 Å². The van der Waals surface area contributed by atoms with Gasteiger partial charge in [-0.3, -0.25) is 4.99 Å². The van der Waals surface area contributed by atoms with Crippen LogP contribution in [0, 0.1) is 6.92 Å². The van der Waals surface area contributed by atoms with Gasteiger partial charge in [-0.15, -0.1) is 0 Å². The summed E-state index contributed by atoms with van der Waals surface area (Å²) in [5.41, 5.74) is 12.2. The van der Waals surface area contributed by atoms with Crippen molar-refractivity contribution in [1.82, 2.24) is 9.97 Å². The standard InChI is InChI=1S/C24H22N4O/c1-3-26-14-20(22(25)18-11-9-16(2)10-12-18)23-19-13-21(17-7-5-4-6-8-17)29-24(19)28-15-27-23/h4-15H,3,25H2,1-2H3/b22-20+,26-14?. The summed E-state index contributed by atoms with van der Waals surface area (Å²) in [6.45, 7) is 4.68. The topological polar surface area (TPSA) is 77.3 Å². The normalized spacial score (nSPS) is 12.5. The van der Waals surface area contributed by atoms with Gasteiger partial charge in [0.1, 0.15) is 12.1 Å². The Kier molecular flexibility index (Phi) is 5.20. The predicted octanol–water partition coefficient (Wildman–Crippen LogP) is 5.12. The van der Waals surface area contributed by atoms with Gasteiger partial charge in [0.15, 0.2) is 0 Å². The highest BCUT2D eigenvalue weighted by Crippen LogP contribution is 2.31. The van der Waals surface area contributed by atoms with Crippen molar-refractivity contribution < 1.29 is 4.42 Å². The maximum absolute atomic E-state index is 6.57. The molecule has 2 aromatic carbocycles. The van der Waals surface area contributed by atoms with Crippen LogP contribution in [0.5, 0.6) is 0 Å². The van der Waals surface area contributed by atoms with Crippen molar-refractivity contribution in [2.24, 2.45) is 10.7 Å². The third-order valence-corrected chi connectivity index (χ3v) is 4.70. The van der Waals surface area contributed by atoms with E-state index in [2.05, 4.69) is 15.0 Å². The first-order valence-corrected chi connectivity index (χ1v) is 9.54. The molecule has 5 nitrogen and oxygen atoms in total. The van der Waals surface area contributed by atoms with E-state index >= 15 is 0 Å². The minimum Gasteiger partial charge on any atom is -0.438 e. The number of rotatable bonds is 5. The van der Waals surface area contributed by atoms with E-state index in [0.717, 1.165) is 27.8 Å². The zero-order valence-corrected chi connectivity index (χ0v) is 16.5. The number of nitrogens with zero attached hydrogens (tertiary/aromatic N) is 3. The number of aliphatic imine (C=N–C) groups is 1. The van der Waals surface area contributed by atoms with Crippen molar-refractivity contribution in [3.63, 3.8) is 0 Å². The van der Waals surface area contributed by atoms with E-state index < -0.39 is 0 Å². The van der Waals surface area contributed by atoms with Crippen LogP contribution in [0.1, 0.15) is 23.7 Å². The van der Waals surface area contributed by atoms with Crippen LogP contribution in [0.2, 0.25) is 0 Å². The summed E-state index contributed by atoms with van der Waals surface area (Å²) in [5, 5.41) is 0.805. The molecule has 0 radical (unpaired) electrons. The van der Waals surface area contributed by atoms with E-state index in [9.17, 15) is 0 Å². The van der Waals surface area contributed by atoms with Crippen LogP contribution in [0.4, 0.5) is 0 Å². The Bertz CT molecular complexity index is 1190. The maximum atomic E-state index is 6.57. The van der Waals surface area contributed by atoms with Gasteiger partial charge in [-0.2, -0.15) is 0 Å². The maximum Gasteiger partial charge on any atom is 0.230 e. The number of hydrogen-bond acceptors (Lipinski definition) is 5. The van der Waals surface area contributed by atoms with Crippen LogP contribution >= 0.6 is 0 Å². The lowest BCUT2D eigenvalue weighted by atomic mass is 10.0. The Morgan fingerprint density at radius 2 is 1.83 bits per heavy atom. The fraction of sp³-hybridized carbons (Fsp3) is 0.125. The van der Waals surface area contributed by atoms with E-state index in [-0.39, 0.29) is 0 Å². The summed E-state index contributed by atoms with van der Waals surface area (Å²) >= 11 is 0. The summed E-state index contributed by atoms with van der Waals surface area (Å²) < 4.78 is 5.99. The molecule has 0 aliphatic heterocycles. The van der Waals surface area contributed by atoms with Crippen LogP contribution < -0.4 is 5.73 Å². The summed E-state index contributed by atoms with van der Waals surface area (Å²) in [6, 6.07) is 20.0. The molecule has 0 aliphatic rings. The number of aromatic nitrogens is 2. The lowest BCUT2D eigenvalue weighted by molar-refractivity contribution is 0.617. The lowest BCUT2D eigenvalue weighted by Gasteiger charge is -2.09. The summed E-state index contributed by atoms with van der Waals surface area (Å²) in [5.74, 6) is 0.739. The second kappa shape index (κ2) is 8.10. The number of hydrogen-bond donors (Lipinski definition) is 1. The zero-order valence-electron chi connectivity index (χ0n) is 16.5. The van der Waals surface area contributed by atoms with Crippen molar-refractivity contribution >= 4 is 28.6 Å². The molecule has 29 heavy (non-hydrogen) atoms. The fourth-order valence-electron chi connectivity index (χ4n) is 3.14. The predicted molar refractivity (Wildman–Crippen MR) is 118 cm³/mol. The number of fused-ring (bicyclic) bond motifs is 1. The smallest absolute Gasteiger partial charge is 0.230 e. The molecule has 144 valence electrons. The Morgan fingerprint density at radius 3 is 2.55 bits per heavy atom. The van der Waals surface area contributed by atoms with Crippen molar-refractivity contribution in [1.29, 1.82) is 0 Å². The van der Waals surface area contributed by atoms with Gasteiger partial charge >= 0.3 is 0 Å². The second-order valence-corrected chi connectivity index (χ2v) is 6.74. The average Bonchev–Trinajstić information content (AvgIpc) is 3.20. The molecule has 2 aromatic heterocycles. The minimum atomic E-state index is 0.521. The van der Waals surface area contributed by atoms with Gasteiger partial charge in [-0.1, -0.05) is 60.2 Å². The van der Waals surface area contributed by atoms with Crippen LogP contribution in [0.25, 0.3) is 33.7 Å². The number of benzene rings is 2. The molecular weight excluding hydrogens is 360 g/mol. The van der Waals surface area contributed by atoms with E-state index in [1.54, 1.807) is 6.21 Å². The van der Waals surface area contributed by atoms with Gasteiger partial charge in [0.25, 0.3) is 0 Å². The molecule has 4 aromatic rings. The molecule has 0 fully saturated rings. The fourth-order valence-corrected chi connectivity index (χ4v) is 3.14. The summed E-state index contributed by atoms with van der Waals surface area (Å²) in [6.07, 6.45) is 3.28. The van der Waals surface area contributed by atoms with Crippen molar-refractivity contribution in [2.45, 2.75) is 13.8 Å². The average molecular weight is 382 g/mol. The quantitative estimate of drug-likeness (QED) is 0.486. The monoisotopic (exact) mass is 382 g/mol. The molecular formula is C24H22N4O. The highest BCUT2D eigenvalue weighted by Gasteiger charge is 2.16. The third-order valence-electron chi connectivity index (χ3n) is 4.70. The number of nitrogens with two attached hydrogens (primary N) is 1. The molecule has 0 spiro atoms. The molecule has 2 N–H and O–H groups in total. The van der Waals surface area contributed by atoms with Gasteiger partial charge in [-0.05, 0) is 25.5 Å². The Morgan fingerprint density at radius 1 is 1.07 bits per heavy atom. The van der Waals surface area contributed by atoms with Crippen molar-refractivity contribution in [2.75, 3.05) is 6.54 Å². The number of furan rings is 1. The van der Waals surface area contributed by atoms with Gasteiger partial charge in [0.05, 0.1) is 11.1 Å². The highest BCUT2D eigenvalue weighted by atomic mass is 16.3. The summed E-state index contributed by atoms with van der Waals surface area (Å²) in [7, 11) is 0. The van der Waals surface area contributed by atoms with Gasteiger partial charge in [0.2, 0.25) is 5.71 Å². The molecule has 0 bridgehead atoms. The van der Waals surface area contributed by atoms with E-state index in [4.69, 9.17) is 10.2 Å². The van der Waals surface area contributed by atoms with Crippen molar-refractivity contribution in [3.05, 3.63) is 83.8 Å². The molecule has 0 unspecified atom stereocenters. The first-order chi connectivity index (χ1) is 14.2. The molecule has 0 saturated carbocycles. The molecule has 0 saturated heterocycles.